The fourth-order valence-electron chi connectivity index (χ4n) is 3.48. The fourth-order valence-corrected chi connectivity index (χ4v) is 5.25. The van der Waals surface area contributed by atoms with Crippen molar-refractivity contribution in [2.45, 2.75) is 20.0 Å². The van der Waals surface area contributed by atoms with Crippen LogP contribution in [0, 0.1) is 0 Å². The molecule has 1 aliphatic rings. The molecule has 36 heavy (non-hydrogen) atoms. The van der Waals surface area contributed by atoms with Gasteiger partial charge in [-0.1, -0.05) is 64.3 Å². The molecule has 3 aromatic rings. The van der Waals surface area contributed by atoms with Gasteiger partial charge in [-0.25, -0.2) is 4.99 Å². The quantitative estimate of drug-likeness (QED) is 0.242. The molecule has 1 amide bonds. The lowest BCUT2D eigenvalue weighted by atomic mass is 10.1. The van der Waals surface area contributed by atoms with Crippen molar-refractivity contribution in [2.24, 2.45) is 4.99 Å². The van der Waals surface area contributed by atoms with Crippen LogP contribution in [0.1, 0.15) is 24.5 Å². The first-order chi connectivity index (χ1) is 17.4. The third-order valence-electron chi connectivity index (χ3n) is 5.30. The Kier molecular flexibility index (Phi) is 9.01. The molecule has 1 saturated heterocycles. The van der Waals surface area contributed by atoms with Gasteiger partial charge < -0.3 is 9.47 Å². The van der Waals surface area contributed by atoms with Gasteiger partial charge in [0.1, 0.15) is 6.61 Å². The number of amidine groups is 1. The second kappa shape index (κ2) is 12.2. The number of rotatable bonds is 8. The lowest BCUT2D eigenvalue weighted by molar-refractivity contribution is -0.122. The van der Waals surface area contributed by atoms with E-state index in [4.69, 9.17) is 37.7 Å². The molecule has 0 unspecified atom stereocenters. The Bertz CT molecular complexity index is 1330. The first kappa shape index (κ1) is 26.6. The van der Waals surface area contributed by atoms with Gasteiger partial charge in [0.25, 0.3) is 5.91 Å². The van der Waals surface area contributed by atoms with Crippen molar-refractivity contribution in [1.82, 2.24) is 4.90 Å². The SMILES string of the molecule is CCCN1C(=O)/C(=C/c2cc(OC)c(OCc3ccccc3Cl)cc2Br)SC1=Nc1ccc(Cl)cc1. The molecular formula is C27H23BrCl2N2O3S. The predicted octanol–water partition coefficient (Wildman–Crippen LogP) is 8.36. The highest BCUT2D eigenvalue weighted by Crippen LogP contribution is 2.39. The Balaban J connectivity index is 1.61. The summed E-state index contributed by atoms with van der Waals surface area (Å²) in [5, 5.41) is 1.91. The second-order valence-electron chi connectivity index (χ2n) is 7.84. The van der Waals surface area contributed by atoms with Gasteiger partial charge >= 0.3 is 0 Å². The van der Waals surface area contributed by atoms with Gasteiger partial charge in [-0.05, 0) is 72.3 Å². The monoisotopic (exact) mass is 604 g/mol. The maximum atomic E-state index is 13.2. The molecule has 0 aliphatic carbocycles. The van der Waals surface area contributed by atoms with E-state index in [2.05, 4.69) is 15.9 Å². The first-order valence-corrected chi connectivity index (χ1v) is 13.6. The maximum Gasteiger partial charge on any atom is 0.266 e. The number of ether oxygens (including phenoxy) is 2. The topological polar surface area (TPSA) is 51.1 Å². The van der Waals surface area contributed by atoms with Crippen LogP contribution in [0.25, 0.3) is 6.08 Å². The molecule has 3 aromatic carbocycles. The fraction of sp³-hybridized carbons (Fsp3) is 0.185. The van der Waals surface area contributed by atoms with Crippen molar-refractivity contribution in [3.05, 3.63) is 91.2 Å². The minimum atomic E-state index is -0.0838. The molecule has 0 aromatic heterocycles. The summed E-state index contributed by atoms with van der Waals surface area (Å²) >= 11 is 17.2. The minimum Gasteiger partial charge on any atom is -0.493 e. The van der Waals surface area contributed by atoms with Crippen LogP contribution in [0.3, 0.4) is 0 Å². The van der Waals surface area contributed by atoms with E-state index in [-0.39, 0.29) is 5.91 Å². The Morgan fingerprint density at radius 3 is 2.53 bits per heavy atom. The molecule has 5 nitrogen and oxygen atoms in total. The highest BCUT2D eigenvalue weighted by atomic mass is 79.9. The second-order valence-corrected chi connectivity index (χ2v) is 10.5. The van der Waals surface area contributed by atoms with Crippen LogP contribution in [0.15, 0.2) is 75.0 Å². The third-order valence-corrected chi connectivity index (χ3v) is 7.61. The minimum absolute atomic E-state index is 0.0838. The van der Waals surface area contributed by atoms with E-state index >= 15 is 0 Å². The van der Waals surface area contributed by atoms with E-state index in [0.717, 1.165) is 27.7 Å². The van der Waals surface area contributed by atoms with Crippen molar-refractivity contribution in [3.63, 3.8) is 0 Å². The van der Waals surface area contributed by atoms with E-state index in [1.165, 1.54) is 11.8 Å². The summed E-state index contributed by atoms with van der Waals surface area (Å²) in [6, 6.07) is 18.4. The largest absolute Gasteiger partial charge is 0.493 e. The highest BCUT2D eigenvalue weighted by molar-refractivity contribution is 9.10. The molecule has 0 spiro atoms. The number of benzene rings is 3. The number of aliphatic imine (C=N–C) groups is 1. The average molecular weight is 606 g/mol. The molecular weight excluding hydrogens is 583 g/mol. The highest BCUT2D eigenvalue weighted by Gasteiger charge is 2.33. The molecule has 1 heterocycles. The van der Waals surface area contributed by atoms with Gasteiger partial charge in [-0.15, -0.1) is 0 Å². The molecule has 4 rings (SSSR count). The molecule has 1 fully saturated rings. The van der Waals surface area contributed by atoms with Gasteiger partial charge in [0.2, 0.25) is 0 Å². The molecule has 0 bridgehead atoms. The number of hydrogen-bond acceptors (Lipinski definition) is 5. The van der Waals surface area contributed by atoms with Crippen LogP contribution in [0.2, 0.25) is 10.0 Å². The smallest absolute Gasteiger partial charge is 0.266 e. The number of carbonyl (C=O) groups excluding carboxylic acids is 1. The Morgan fingerprint density at radius 2 is 1.83 bits per heavy atom. The third kappa shape index (κ3) is 6.27. The summed E-state index contributed by atoms with van der Waals surface area (Å²) < 4.78 is 12.3. The average Bonchev–Trinajstić information content (AvgIpc) is 3.15. The van der Waals surface area contributed by atoms with E-state index in [1.54, 1.807) is 24.1 Å². The number of amides is 1. The summed E-state index contributed by atoms with van der Waals surface area (Å²) in [5.41, 5.74) is 2.40. The van der Waals surface area contributed by atoms with E-state index in [0.29, 0.717) is 44.8 Å². The van der Waals surface area contributed by atoms with Crippen LogP contribution >= 0.6 is 50.9 Å². The normalized spacial score (nSPS) is 15.7. The van der Waals surface area contributed by atoms with Crippen molar-refractivity contribution < 1.29 is 14.3 Å². The van der Waals surface area contributed by atoms with Crippen LogP contribution in [-0.2, 0) is 11.4 Å². The molecule has 186 valence electrons. The summed E-state index contributed by atoms with van der Waals surface area (Å²) in [7, 11) is 1.58. The lowest BCUT2D eigenvalue weighted by Crippen LogP contribution is -2.29. The van der Waals surface area contributed by atoms with Crippen molar-refractivity contribution in [2.75, 3.05) is 13.7 Å². The predicted molar refractivity (Wildman–Crippen MR) is 153 cm³/mol. The van der Waals surface area contributed by atoms with Gasteiger partial charge in [0.15, 0.2) is 16.7 Å². The van der Waals surface area contributed by atoms with E-state index in [9.17, 15) is 4.79 Å². The summed E-state index contributed by atoms with van der Waals surface area (Å²) in [6.07, 6.45) is 2.65. The number of methoxy groups -OCH3 is 1. The Hall–Kier alpha value is -2.45. The maximum absolute atomic E-state index is 13.2. The molecule has 9 heteroatoms. The summed E-state index contributed by atoms with van der Waals surface area (Å²) in [6.45, 7) is 2.91. The zero-order valence-electron chi connectivity index (χ0n) is 19.6. The van der Waals surface area contributed by atoms with Gasteiger partial charge in [-0.3, -0.25) is 9.69 Å². The van der Waals surface area contributed by atoms with Crippen molar-refractivity contribution in [1.29, 1.82) is 0 Å². The lowest BCUT2D eigenvalue weighted by Gasteiger charge is -2.14. The summed E-state index contributed by atoms with van der Waals surface area (Å²) in [4.78, 5) is 20.2. The molecule has 0 N–H and O–H groups in total. The van der Waals surface area contributed by atoms with Crippen molar-refractivity contribution in [3.8, 4) is 11.5 Å². The van der Waals surface area contributed by atoms with Gasteiger partial charge in [0, 0.05) is 26.6 Å². The first-order valence-electron chi connectivity index (χ1n) is 11.2. The van der Waals surface area contributed by atoms with E-state index in [1.807, 2.05) is 61.5 Å². The number of hydrogen-bond donors (Lipinski definition) is 0. The van der Waals surface area contributed by atoms with Gasteiger partial charge in [0.05, 0.1) is 17.7 Å². The number of nitrogens with zero attached hydrogens (tertiary/aromatic N) is 2. The van der Waals surface area contributed by atoms with Crippen molar-refractivity contribution >= 4 is 73.7 Å². The van der Waals surface area contributed by atoms with Crippen LogP contribution < -0.4 is 9.47 Å². The number of thioether (sulfide) groups is 1. The van der Waals surface area contributed by atoms with Crippen LogP contribution in [0.4, 0.5) is 5.69 Å². The van der Waals surface area contributed by atoms with Crippen LogP contribution in [0.5, 0.6) is 11.5 Å². The number of halogens is 3. The molecule has 1 aliphatic heterocycles. The standard InChI is InChI=1S/C27H23BrCl2N2O3S/c1-3-12-32-26(33)25(36-27(32)31-20-10-8-19(29)9-11-20)14-18-13-23(34-2)24(15-21(18)28)35-16-17-6-4-5-7-22(17)30/h4-11,13-15H,3,12,16H2,1-2H3/b25-14-,31-27?. The van der Waals surface area contributed by atoms with Gasteiger partial charge in [-0.2, -0.15) is 0 Å². The zero-order valence-corrected chi connectivity index (χ0v) is 23.5. The van der Waals surface area contributed by atoms with E-state index < -0.39 is 0 Å². The molecule has 0 saturated carbocycles. The number of carbonyl (C=O) groups is 1. The van der Waals surface area contributed by atoms with Crippen LogP contribution in [-0.4, -0.2) is 29.6 Å². The molecule has 0 atom stereocenters. The molecule has 0 radical (unpaired) electrons. The Labute approximate surface area is 233 Å². The zero-order chi connectivity index (χ0) is 25.7. The Morgan fingerprint density at radius 1 is 1.08 bits per heavy atom. The summed E-state index contributed by atoms with van der Waals surface area (Å²) in [5.74, 6) is 1.03.